The van der Waals surface area contributed by atoms with Gasteiger partial charge in [-0.05, 0) is 94.6 Å². The van der Waals surface area contributed by atoms with E-state index in [0.29, 0.717) is 55.8 Å². The van der Waals surface area contributed by atoms with E-state index in [9.17, 15) is 4.79 Å². The molecule has 0 spiro atoms. The first kappa shape index (κ1) is 28.6. The molecule has 0 unspecified atom stereocenters. The van der Waals surface area contributed by atoms with Crippen molar-refractivity contribution in [3.05, 3.63) is 91.2 Å². The molecule has 1 saturated heterocycles. The first-order valence-corrected chi connectivity index (χ1v) is 14.5. The van der Waals surface area contributed by atoms with Gasteiger partial charge in [0.05, 0.1) is 21.7 Å². The molecule has 9 heteroatoms. The number of amides is 1. The Hall–Kier alpha value is -2.45. The highest BCUT2D eigenvalue weighted by Crippen LogP contribution is 2.40. The molecule has 1 fully saturated rings. The summed E-state index contributed by atoms with van der Waals surface area (Å²) in [7, 11) is 0. The Morgan fingerprint density at radius 1 is 1.08 bits per heavy atom. The monoisotopic (exact) mass is 632 g/mol. The van der Waals surface area contributed by atoms with Crippen LogP contribution in [0.4, 0.5) is 5.69 Å². The first-order valence-electron chi connectivity index (χ1n) is 12.1. The Morgan fingerprint density at radius 3 is 2.50 bits per heavy atom. The molecule has 3 aromatic rings. The zero-order chi connectivity index (χ0) is 27.2. The van der Waals surface area contributed by atoms with Crippen LogP contribution >= 0.6 is 50.9 Å². The molecular weight excluding hydrogens is 607 g/mol. The van der Waals surface area contributed by atoms with Gasteiger partial charge in [0.25, 0.3) is 5.91 Å². The van der Waals surface area contributed by atoms with Crippen LogP contribution in [-0.2, 0) is 11.4 Å². The maximum Gasteiger partial charge on any atom is 0.266 e. The van der Waals surface area contributed by atoms with Gasteiger partial charge in [-0.15, -0.1) is 0 Å². The summed E-state index contributed by atoms with van der Waals surface area (Å²) in [5.41, 5.74) is 2.42. The van der Waals surface area contributed by atoms with E-state index in [-0.39, 0.29) is 11.8 Å². The second-order valence-electron chi connectivity index (χ2n) is 8.93. The van der Waals surface area contributed by atoms with Crippen LogP contribution in [0.25, 0.3) is 6.08 Å². The van der Waals surface area contributed by atoms with E-state index in [1.807, 2.05) is 61.5 Å². The van der Waals surface area contributed by atoms with Gasteiger partial charge < -0.3 is 9.47 Å². The Labute approximate surface area is 246 Å². The third-order valence-corrected chi connectivity index (χ3v) is 7.66. The minimum atomic E-state index is -0.0791. The summed E-state index contributed by atoms with van der Waals surface area (Å²) in [6.07, 6.45) is 1.86. The number of benzene rings is 3. The number of carbonyl (C=O) groups excluding carboxylic acids is 1. The van der Waals surface area contributed by atoms with Crippen LogP contribution in [0.5, 0.6) is 11.5 Å². The summed E-state index contributed by atoms with van der Waals surface area (Å²) in [5.74, 6) is 1.35. The van der Waals surface area contributed by atoms with Gasteiger partial charge in [0.15, 0.2) is 16.7 Å². The highest BCUT2D eigenvalue weighted by atomic mass is 79.9. The summed E-state index contributed by atoms with van der Waals surface area (Å²) in [4.78, 5) is 20.5. The lowest BCUT2D eigenvalue weighted by molar-refractivity contribution is -0.122. The van der Waals surface area contributed by atoms with Gasteiger partial charge in [-0.3, -0.25) is 9.69 Å². The number of carbonyl (C=O) groups is 1. The van der Waals surface area contributed by atoms with E-state index in [1.165, 1.54) is 11.8 Å². The molecule has 4 rings (SSSR count). The van der Waals surface area contributed by atoms with Gasteiger partial charge in [0.2, 0.25) is 0 Å². The smallest absolute Gasteiger partial charge is 0.266 e. The summed E-state index contributed by atoms with van der Waals surface area (Å²) < 4.78 is 12.7. The van der Waals surface area contributed by atoms with E-state index in [1.54, 1.807) is 17.0 Å². The number of rotatable bonds is 9. The van der Waals surface area contributed by atoms with Gasteiger partial charge in [-0.2, -0.15) is 0 Å². The zero-order valence-electron chi connectivity index (χ0n) is 21.2. The first-order chi connectivity index (χ1) is 18.2. The van der Waals surface area contributed by atoms with Crippen molar-refractivity contribution in [1.82, 2.24) is 4.90 Å². The quantitative estimate of drug-likeness (QED) is 0.221. The van der Waals surface area contributed by atoms with Crippen LogP contribution in [0.1, 0.15) is 31.9 Å². The van der Waals surface area contributed by atoms with Gasteiger partial charge in [-0.1, -0.05) is 55.2 Å². The van der Waals surface area contributed by atoms with Crippen molar-refractivity contribution in [2.75, 3.05) is 13.2 Å². The normalized spacial score (nSPS) is 15.7. The number of halogens is 3. The fourth-order valence-corrected chi connectivity index (χ4v) is 5.63. The van der Waals surface area contributed by atoms with E-state index in [0.717, 1.165) is 16.8 Å². The van der Waals surface area contributed by atoms with Crippen molar-refractivity contribution >= 4 is 73.7 Å². The number of hydrogen-bond acceptors (Lipinski definition) is 5. The van der Waals surface area contributed by atoms with Crippen LogP contribution in [0.15, 0.2) is 75.0 Å². The predicted octanol–water partition coefficient (Wildman–Crippen LogP) is 8.99. The molecule has 38 heavy (non-hydrogen) atoms. The second kappa shape index (κ2) is 13.1. The SMILES string of the molecule is CCOc1cc(/C=C2\SC(=Nc3ccc(Cl)cc3)N(CC(C)C)C2=O)cc(Br)c1OCc1ccccc1Cl. The molecule has 1 amide bonds. The van der Waals surface area contributed by atoms with E-state index in [4.69, 9.17) is 37.7 Å². The number of thioether (sulfide) groups is 1. The third kappa shape index (κ3) is 7.14. The number of nitrogens with zero attached hydrogens (tertiary/aromatic N) is 2. The highest BCUT2D eigenvalue weighted by Gasteiger charge is 2.34. The van der Waals surface area contributed by atoms with Gasteiger partial charge >= 0.3 is 0 Å². The van der Waals surface area contributed by atoms with Crippen molar-refractivity contribution < 1.29 is 14.3 Å². The van der Waals surface area contributed by atoms with Crippen molar-refractivity contribution in [1.29, 1.82) is 0 Å². The summed E-state index contributed by atoms with van der Waals surface area (Å²) in [6, 6.07) is 18.6. The Morgan fingerprint density at radius 2 is 1.82 bits per heavy atom. The van der Waals surface area contributed by atoms with Crippen molar-refractivity contribution in [3.63, 3.8) is 0 Å². The molecular formula is C29H27BrCl2N2O3S. The number of aliphatic imine (C=N–C) groups is 1. The molecule has 0 N–H and O–H groups in total. The summed E-state index contributed by atoms with van der Waals surface area (Å²) in [6.45, 7) is 7.39. The second-order valence-corrected chi connectivity index (χ2v) is 11.6. The minimum absolute atomic E-state index is 0.0791. The molecule has 0 bridgehead atoms. The largest absolute Gasteiger partial charge is 0.490 e. The third-order valence-electron chi connectivity index (χ3n) is 5.45. The van der Waals surface area contributed by atoms with Crippen molar-refractivity contribution in [2.45, 2.75) is 27.4 Å². The van der Waals surface area contributed by atoms with Gasteiger partial charge in [0.1, 0.15) is 6.61 Å². The van der Waals surface area contributed by atoms with Crippen LogP contribution in [0.3, 0.4) is 0 Å². The Balaban J connectivity index is 1.64. The molecule has 1 aliphatic rings. The van der Waals surface area contributed by atoms with E-state index >= 15 is 0 Å². The molecule has 1 heterocycles. The predicted molar refractivity (Wildman–Crippen MR) is 162 cm³/mol. The molecule has 1 aliphatic heterocycles. The van der Waals surface area contributed by atoms with Crippen molar-refractivity contribution in [2.24, 2.45) is 10.9 Å². The standard InChI is InChI=1S/C29H27BrCl2N2O3S/c1-4-36-25-14-19(13-23(30)27(25)37-17-20-7-5-6-8-24(20)32)15-26-28(35)34(16-18(2)3)29(38-26)33-22-11-9-21(31)10-12-22/h5-15,18H,4,16-17H2,1-3H3/b26-15-,33-29?. The lowest BCUT2D eigenvalue weighted by Gasteiger charge is -2.17. The lowest BCUT2D eigenvalue weighted by atomic mass is 10.1. The average Bonchev–Trinajstić information content (AvgIpc) is 3.14. The van der Waals surface area contributed by atoms with Gasteiger partial charge in [-0.25, -0.2) is 4.99 Å². The average molecular weight is 634 g/mol. The minimum Gasteiger partial charge on any atom is -0.490 e. The fourth-order valence-electron chi connectivity index (χ4n) is 3.73. The molecule has 0 saturated carbocycles. The fraction of sp³-hybridized carbons (Fsp3) is 0.241. The van der Waals surface area contributed by atoms with Crippen LogP contribution in [-0.4, -0.2) is 29.1 Å². The summed E-state index contributed by atoms with van der Waals surface area (Å²) >= 11 is 17.3. The number of hydrogen-bond donors (Lipinski definition) is 0. The number of amidine groups is 1. The van der Waals surface area contributed by atoms with Crippen molar-refractivity contribution in [3.8, 4) is 11.5 Å². The topological polar surface area (TPSA) is 51.1 Å². The van der Waals surface area contributed by atoms with E-state index in [2.05, 4.69) is 29.8 Å². The maximum absolute atomic E-state index is 13.4. The molecule has 0 atom stereocenters. The van der Waals surface area contributed by atoms with Crippen LogP contribution in [0.2, 0.25) is 10.0 Å². The van der Waals surface area contributed by atoms with Crippen LogP contribution in [0, 0.1) is 5.92 Å². The Kier molecular flexibility index (Phi) is 9.82. The molecule has 5 nitrogen and oxygen atoms in total. The number of ether oxygens (including phenoxy) is 2. The zero-order valence-corrected chi connectivity index (χ0v) is 25.1. The highest BCUT2D eigenvalue weighted by molar-refractivity contribution is 9.10. The summed E-state index contributed by atoms with van der Waals surface area (Å²) in [5, 5.41) is 1.92. The molecule has 0 radical (unpaired) electrons. The molecule has 3 aromatic carbocycles. The maximum atomic E-state index is 13.4. The lowest BCUT2D eigenvalue weighted by Crippen LogP contribution is -2.32. The molecule has 198 valence electrons. The Bertz CT molecular complexity index is 1380. The van der Waals surface area contributed by atoms with Gasteiger partial charge in [0, 0.05) is 22.2 Å². The van der Waals surface area contributed by atoms with Crippen LogP contribution < -0.4 is 9.47 Å². The van der Waals surface area contributed by atoms with E-state index < -0.39 is 0 Å². The molecule has 0 aliphatic carbocycles. The molecule has 0 aromatic heterocycles.